The van der Waals surface area contributed by atoms with E-state index in [1.807, 2.05) is 0 Å². The van der Waals surface area contributed by atoms with Crippen LogP contribution in [0.4, 0.5) is 23.7 Å². The van der Waals surface area contributed by atoms with Crippen LogP contribution in [0.25, 0.3) is 0 Å². The predicted molar refractivity (Wildman–Crippen MR) is 62.4 cm³/mol. The van der Waals surface area contributed by atoms with Gasteiger partial charge in [0.25, 0.3) is 0 Å². The minimum atomic E-state index is -4.79. The van der Waals surface area contributed by atoms with Gasteiger partial charge in [0.15, 0.2) is 0 Å². The minimum absolute atomic E-state index is 0.189. The number of benzene rings is 1. The Kier molecular flexibility index (Phi) is 4.78. The molecule has 1 unspecified atom stereocenters. The van der Waals surface area contributed by atoms with E-state index in [4.69, 9.17) is 5.11 Å². The first-order chi connectivity index (χ1) is 9.17. The van der Waals surface area contributed by atoms with E-state index < -0.39 is 30.2 Å². The molecule has 0 aliphatic carbocycles. The van der Waals surface area contributed by atoms with Gasteiger partial charge in [-0.15, -0.1) is 13.2 Å². The van der Waals surface area contributed by atoms with E-state index in [1.165, 1.54) is 19.1 Å². The van der Waals surface area contributed by atoms with Gasteiger partial charge >= 0.3 is 18.4 Å². The molecule has 1 rings (SSSR count). The summed E-state index contributed by atoms with van der Waals surface area (Å²) in [4.78, 5) is 21.8. The zero-order chi connectivity index (χ0) is 15.3. The number of carboxylic acids is 1. The van der Waals surface area contributed by atoms with Crippen LogP contribution in [0.5, 0.6) is 5.75 Å². The number of rotatable bonds is 4. The molecule has 1 atom stereocenters. The van der Waals surface area contributed by atoms with Crippen molar-refractivity contribution in [2.45, 2.75) is 19.3 Å². The van der Waals surface area contributed by atoms with Gasteiger partial charge in [0, 0.05) is 5.69 Å². The zero-order valence-corrected chi connectivity index (χ0v) is 10.2. The Labute approximate surface area is 111 Å². The van der Waals surface area contributed by atoms with Crippen molar-refractivity contribution in [3.8, 4) is 5.75 Å². The molecule has 9 heteroatoms. The minimum Gasteiger partial charge on any atom is -0.480 e. The average molecular weight is 292 g/mol. The largest absolute Gasteiger partial charge is 0.573 e. The molecule has 0 heterocycles. The number of urea groups is 1. The van der Waals surface area contributed by atoms with Crippen molar-refractivity contribution < 1.29 is 32.6 Å². The number of alkyl halides is 3. The second-order valence-corrected chi connectivity index (χ2v) is 3.73. The maximum atomic E-state index is 11.9. The van der Waals surface area contributed by atoms with Crippen LogP contribution in [-0.2, 0) is 4.79 Å². The van der Waals surface area contributed by atoms with E-state index in [2.05, 4.69) is 15.4 Å². The molecule has 3 N–H and O–H groups in total. The summed E-state index contributed by atoms with van der Waals surface area (Å²) in [7, 11) is 0. The Morgan fingerprint density at radius 2 is 1.80 bits per heavy atom. The highest BCUT2D eigenvalue weighted by atomic mass is 19.4. The van der Waals surface area contributed by atoms with Crippen molar-refractivity contribution in [3.05, 3.63) is 24.3 Å². The number of carboxylic acid groups (broad SMARTS) is 1. The Morgan fingerprint density at radius 1 is 1.25 bits per heavy atom. The lowest BCUT2D eigenvalue weighted by molar-refractivity contribution is -0.274. The van der Waals surface area contributed by atoms with Crippen molar-refractivity contribution in [3.63, 3.8) is 0 Å². The molecule has 0 fully saturated rings. The quantitative estimate of drug-likeness (QED) is 0.793. The first-order valence-electron chi connectivity index (χ1n) is 5.33. The van der Waals surface area contributed by atoms with Gasteiger partial charge in [0.1, 0.15) is 11.8 Å². The summed E-state index contributed by atoms with van der Waals surface area (Å²) in [5, 5.41) is 13.0. The van der Waals surface area contributed by atoms with Gasteiger partial charge in [0.2, 0.25) is 0 Å². The molecule has 1 aromatic carbocycles. The number of anilines is 1. The number of amides is 2. The molecular weight excluding hydrogens is 281 g/mol. The molecule has 20 heavy (non-hydrogen) atoms. The lowest BCUT2D eigenvalue weighted by Gasteiger charge is -2.12. The number of hydrogen-bond acceptors (Lipinski definition) is 3. The summed E-state index contributed by atoms with van der Waals surface area (Å²) in [6.45, 7) is 1.27. The SMILES string of the molecule is CC(NC(=O)Nc1ccc(OC(F)(F)F)cc1)C(=O)O. The molecular formula is C11H11F3N2O4. The van der Waals surface area contributed by atoms with E-state index >= 15 is 0 Å². The van der Waals surface area contributed by atoms with Gasteiger partial charge in [0.05, 0.1) is 0 Å². The van der Waals surface area contributed by atoms with E-state index in [1.54, 1.807) is 0 Å². The molecule has 0 radical (unpaired) electrons. The summed E-state index contributed by atoms with van der Waals surface area (Å²) in [6.07, 6.45) is -4.79. The van der Waals surface area contributed by atoms with Gasteiger partial charge in [-0.3, -0.25) is 4.79 Å². The molecule has 0 saturated carbocycles. The van der Waals surface area contributed by atoms with E-state index in [9.17, 15) is 22.8 Å². The highest BCUT2D eigenvalue weighted by molar-refractivity contribution is 5.92. The Balaban J connectivity index is 2.57. The fraction of sp³-hybridized carbons (Fsp3) is 0.273. The fourth-order valence-corrected chi connectivity index (χ4v) is 1.17. The topological polar surface area (TPSA) is 87.7 Å². The van der Waals surface area contributed by atoms with Crippen molar-refractivity contribution in [1.82, 2.24) is 5.32 Å². The van der Waals surface area contributed by atoms with Gasteiger partial charge in [-0.05, 0) is 31.2 Å². The summed E-state index contributed by atoms with van der Waals surface area (Å²) >= 11 is 0. The Bertz CT molecular complexity index is 487. The van der Waals surface area contributed by atoms with Gasteiger partial charge in [-0.25, -0.2) is 4.79 Å². The number of aliphatic carboxylic acids is 1. The van der Waals surface area contributed by atoms with E-state index in [-0.39, 0.29) is 5.69 Å². The average Bonchev–Trinajstić information content (AvgIpc) is 2.29. The number of carbonyl (C=O) groups excluding carboxylic acids is 1. The van der Waals surface area contributed by atoms with Crippen LogP contribution in [0, 0.1) is 0 Å². The summed E-state index contributed by atoms with van der Waals surface area (Å²) < 4.78 is 39.4. The van der Waals surface area contributed by atoms with Crippen LogP contribution < -0.4 is 15.4 Å². The van der Waals surface area contributed by atoms with E-state index in [0.717, 1.165) is 12.1 Å². The first kappa shape index (κ1) is 15.6. The molecule has 0 aliphatic rings. The highest BCUT2D eigenvalue weighted by Crippen LogP contribution is 2.23. The highest BCUT2D eigenvalue weighted by Gasteiger charge is 2.30. The molecule has 0 aromatic heterocycles. The van der Waals surface area contributed by atoms with Gasteiger partial charge < -0.3 is 20.5 Å². The first-order valence-corrected chi connectivity index (χ1v) is 5.33. The number of halogens is 3. The molecule has 2 amide bonds. The standard InChI is InChI=1S/C11H11F3N2O4/c1-6(9(17)18)15-10(19)16-7-2-4-8(5-3-7)20-11(12,13)14/h2-6H,1H3,(H,17,18)(H2,15,16,19). The van der Waals surface area contributed by atoms with Crippen molar-refractivity contribution >= 4 is 17.7 Å². The Hall–Kier alpha value is -2.45. The lowest BCUT2D eigenvalue weighted by Crippen LogP contribution is -2.40. The van der Waals surface area contributed by atoms with Crippen LogP contribution in [0.2, 0.25) is 0 Å². The zero-order valence-electron chi connectivity index (χ0n) is 10.2. The van der Waals surface area contributed by atoms with Crippen molar-refractivity contribution in [2.24, 2.45) is 0 Å². The number of carbonyl (C=O) groups is 2. The maximum Gasteiger partial charge on any atom is 0.573 e. The molecule has 6 nitrogen and oxygen atoms in total. The summed E-state index contributed by atoms with van der Waals surface area (Å²) in [5.74, 6) is -1.64. The molecule has 1 aromatic rings. The third kappa shape index (κ3) is 5.46. The molecule has 110 valence electrons. The molecule has 0 saturated heterocycles. The lowest BCUT2D eigenvalue weighted by atomic mass is 10.3. The van der Waals surface area contributed by atoms with E-state index in [0.29, 0.717) is 0 Å². The van der Waals surface area contributed by atoms with Crippen LogP contribution in [-0.4, -0.2) is 29.5 Å². The maximum absolute atomic E-state index is 11.9. The van der Waals surface area contributed by atoms with Crippen molar-refractivity contribution in [1.29, 1.82) is 0 Å². The monoisotopic (exact) mass is 292 g/mol. The van der Waals surface area contributed by atoms with Gasteiger partial charge in [-0.1, -0.05) is 0 Å². The number of hydrogen-bond donors (Lipinski definition) is 3. The number of ether oxygens (including phenoxy) is 1. The molecule has 0 spiro atoms. The third-order valence-corrected chi connectivity index (χ3v) is 2.06. The van der Waals surface area contributed by atoms with Crippen molar-refractivity contribution in [2.75, 3.05) is 5.32 Å². The molecule has 0 bridgehead atoms. The van der Waals surface area contributed by atoms with Crippen LogP contribution >= 0.6 is 0 Å². The summed E-state index contributed by atoms with van der Waals surface area (Å²) in [6, 6.07) is 2.53. The smallest absolute Gasteiger partial charge is 0.480 e. The molecule has 0 aliphatic heterocycles. The second-order valence-electron chi connectivity index (χ2n) is 3.73. The third-order valence-electron chi connectivity index (χ3n) is 2.06. The van der Waals surface area contributed by atoms with Crippen LogP contribution in [0.15, 0.2) is 24.3 Å². The second kappa shape index (κ2) is 6.13. The summed E-state index contributed by atoms with van der Waals surface area (Å²) in [5.41, 5.74) is 0.189. The van der Waals surface area contributed by atoms with Crippen LogP contribution in [0.3, 0.4) is 0 Å². The predicted octanol–water partition coefficient (Wildman–Crippen LogP) is 2.18. The van der Waals surface area contributed by atoms with Gasteiger partial charge in [-0.2, -0.15) is 0 Å². The fourth-order valence-electron chi connectivity index (χ4n) is 1.17. The number of nitrogens with one attached hydrogen (secondary N) is 2. The van der Waals surface area contributed by atoms with Crippen LogP contribution in [0.1, 0.15) is 6.92 Å². The Morgan fingerprint density at radius 3 is 2.25 bits per heavy atom. The normalized spacial score (nSPS) is 12.4.